The maximum absolute atomic E-state index is 11.6. The molecular weight excluding hydrogens is 284 g/mol. The van der Waals surface area contributed by atoms with Gasteiger partial charge in [0.25, 0.3) is 0 Å². The van der Waals surface area contributed by atoms with Gasteiger partial charge < -0.3 is 15.0 Å². The molecule has 0 spiro atoms. The van der Waals surface area contributed by atoms with Crippen LogP contribution in [-0.4, -0.2) is 46.4 Å². The molecule has 1 aliphatic heterocycles. The lowest BCUT2D eigenvalue weighted by molar-refractivity contribution is -0.129. The first-order chi connectivity index (χ1) is 10.6. The summed E-state index contributed by atoms with van der Waals surface area (Å²) in [6.07, 6.45) is 5.19. The highest BCUT2D eigenvalue weighted by molar-refractivity contribution is 5.77. The van der Waals surface area contributed by atoms with Crippen LogP contribution in [0.25, 0.3) is 0 Å². The Labute approximate surface area is 130 Å². The first kappa shape index (κ1) is 16.4. The second-order valence-corrected chi connectivity index (χ2v) is 5.22. The third-order valence-corrected chi connectivity index (χ3v) is 3.61. The van der Waals surface area contributed by atoms with E-state index in [9.17, 15) is 9.59 Å². The summed E-state index contributed by atoms with van der Waals surface area (Å²) in [5.74, 6) is -0.125. The minimum atomic E-state index is -0.180. The largest absolute Gasteiger partial charge is 0.372 e. The van der Waals surface area contributed by atoms with Crippen LogP contribution in [0.2, 0.25) is 0 Å². The summed E-state index contributed by atoms with van der Waals surface area (Å²) < 4.78 is 5.04. The van der Waals surface area contributed by atoms with E-state index < -0.39 is 0 Å². The quantitative estimate of drug-likeness (QED) is 0.841. The van der Waals surface area contributed by atoms with Gasteiger partial charge in [-0.3, -0.25) is 19.6 Å². The third-order valence-electron chi connectivity index (χ3n) is 3.61. The van der Waals surface area contributed by atoms with Gasteiger partial charge in [0.2, 0.25) is 11.8 Å². The topological polar surface area (TPSA) is 84.4 Å². The highest BCUT2D eigenvalue weighted by Crippen LogP contribution is 2.30. The molecule has 7 heteroatoms. The third kappa shape index (κ3) is 4.24. The average Bonchev–Trinajstić information content (AvgIpc) is 3.01. The van der Waals surface area contributed by atoms with E-state index in [1.54, 1.807) is 19.3 Å². The molecule has 1 aliphatic rings. The van der Waals surface area contributed by atoms with Crippen molar-refractivity contribution >= 4 is 11.8 Å². The molecule has 0 aromatic carbocycles. The number of nitrogens with one attached hydrogen (secondary N) is 1. The fourth-order valence-corrected chi connectivity index (χ4v) is 2.55. The average molecular weight is 306 g/mol. The number of carbonyl (C=O) groups excluding carboxylic acids is 2. The fraction of sp³-hybridized carbons (Fsp3) is 0.600. The Morgan fingerprint density at radius 3 is 3.00 bits per heavy atom. The molecule has 1 atom stereocenters. The van der Waals surface area contributed by atoms with E-state index in [-0.39, 0.29) is 24.5 Å². The number of aromatic nitrogens is 2. The van der Waals surface area contributed by atoms with Crippen molar-refractivity contribution in [2.24, 2.45) is 0 Å². The van der Waals surface area contributed by atoms with E-state index in [0.29, 0.717) is 18.8 Å². The van der Waals surface area contributed by atoms with Gasteiger partial charge in [-0.15, -0.1) is 0 Å². The van der Waals surface area contributed by atoms with Crippen LogP contribution in [0.1, 0.15) is 44.1 Å². The summed E-state index contributed by atoms with van der Waals surface area (Å²) in [5.41, 5.74) is 1.46. The zero-order valence-corrected chi connectivity index (χ0v) is 13.0. The van der Waals surface area contributed by atoms with Crippen molar-refractivity contribution < 1.29 is 14.3 Å². The summed E-state index contributed by atoms with van der Waals surface area (Å²) in [5, 5.41) is 2.74. The summed E-state index contributed by atoms with van der Waals surface area (Å²) in [6, 6.07) is -0.0101. The Kier molecular flexibility index (Phi) is 5.83. The van der Waals surface area contributed by atoms with E-state index in [4.69, 9.17) is 4.74 Å². The Bertz CT molecular complexity index is 535. The first-order valence-electron chi connectivity index (χ1n) is 7.54. The lowest BCUT2D eigenvalue weighted by Gasteiger charge is -2.22. The van der Waals surface area contributed by atoms with Crippen molar-refractivity contribution in [2.75, 3.05) is 19.8 Å². The second kappa shape index (κ2) is 7.84. The monoisotopic (exact) mass is 306 g/mol. The first-order valence-corrected chi connectivity index (χ1v) is 7.54. The molecule has 2 amide bonds. The van der Waals surface area contributed by atoms with Crippen molar-refractivity contribution in [3.63, 3.8) is 0 Å². The van der Waals surface area contributed by atoms with Crippen LogP contribution in [0.3, 0.4) is 0 Å². The maximum Gasteiger partial charge on any atom is 0.246 e. The lowest BCUT2D eigenvalue weighted by atomic mass is 10.1. The Balaban J connectivity index is 1.98. The van der Waals surface area contributed by atoms with E-state index in [1.807, 2.05) is 11.8 Å². The molecule has 1 unspecified atom stereocenters. The maximum atomic E-state index is 11.6. The number of ether oxygens (including phenoxy) is 1. The zero-order chi connectivity index (χ0) is 15.9. The number of amides is 2. The number of hydrogen-bond donors (Lipinski definition) is 1. The van der Waals surface area contributed by atoms with Crippen LogP contribution in [-0.2, 0) is 20.9 Å². The van der Waals surface area contributed by atoms with Crippen LogP contribution in [0, 0.1) is 0 Å². The van der Waals surface area contributed by atoms with Gasteiger partial charge in [0.1, 0.15) is 6.61 Å². The lowest BCUT2D eigenvalue weighted by Crippen LogP contribution is -2.30. The normalized spacial score (nSPS) is 17.5. The molecule has 120 valence electrons. The molecule has 0 radical (unpaired) electrons. The van der Waals surface area contributed by atoms with Gasteiger partial charge in [0.05, 0.1) is 36.4 Å². The van der Waals surface area contributed by atoms with E-state index >= 15 is 0 Å². The predicted octanol–water partition coefficient (Wildman–Crippen LogP) is 0.813. The minimum absolute atomic E-state index is 0.0101. The van der Waals surface area contributed by atoms with Crippen molar-refractivity contribution in [1.82, 2.24) is 20.2 Å². The van der Waals surface area contributed by atoms with Crippen LogP contribution in [0.15, 0.2) is 12.4 Å². The Hall–Kier alpha value is -2.02. The van der Waals surface area contributed by atoms with Gasteiger partial charge in [-0.25, -0.2) is 0 Å². The van der Waals surface area contributed by atoms with Crippen LogP contribution >= 0.6 is 0 Å². The smallest absolute Gasteiger partial charge is 0.246 e. The van der Waals surface area contributed by atoms with Crippen LogP contribution < -0.4 is 5.32 Å². The molecule has 1 fully saturated rings. The number of likely N-dealkylation sites (tertiary alicyclic amines) is 1. The predicted molar refractivity (Wildman–Crippen MR) is 79.7 cm³/mol. The number of nitrogens with zero attached hydrogens (tertiary/aromatic N) is 3. The molecule has 1 N–H and O–H groups in total. The van der Waals surface area contributed by atoms with Gasteiger partial charge >= 0.3 is 0 Å². The summed E-state index contributed by atoms with van der Waals surface area (Å²) in [4.78, 5) is 33.7. The number of carbonyl (C=O) groups is 2. The molecule has 0 aliphatic carbocycles. The highest BCUT2D eigenvalue weighted by Gasteiger charge is 2.29. The van der Waals surface area contributed by atoms with E-state index in [1.165, 1.54) is 0 Å². The summed E-state index contributed by atoms with van der Waals surface area (Å²) >= 11 is 0. The molecule has 1 aromatic rings. The van der Waals surface area contributed by atoms with E-state index in [2.05, 4.69) is 15.3 Å². The number of hydrogen-bond acceptors (Lipinski definition) is 5. The van der Waals surface area contributed by atoms with Gasteiger partial charge in [-0.05, 0) is 19.8 Å². The van der Waals surface area contributed by atoms with Crippen molar-refractivity contribution in [3.05, 3.63) is 23.8 Å². The standard InChI is InChI=1S/C15H22N4O3/c1-3-22-10-15(21)17-8-12-7-16-9-13(18-12)14-5-4-6-19(14)11(2)20/h7,9,14H,3-6,8,10H2,1-2H3,(H,17,21). The molecule has 0 bridgehead atoms. The molecule has 0 saturated carbocycles. The summed E-state index contributed by atoms with van der Waals surface area (Å²) in [6.45, 7) is 5.03. The molecule has 22 heavy (non-hydrogen) atoms. The molecule has 2 heterocycles. The summed E-state index contributed by atoms with van der Waals surface area (Å²) in [7, 11) is 0. The fourth-order valence-electron chi connectivity index (χ4n) is 2.55. The Morgan fingerprint density at radius 2 is 2.27 bits per heavy atom. The zero-order valence-electron chi connectivity index (χ0n) is 13.0. The van der Waals surface area contributed by atoms with Gasteiger partial charge in [0.15, 0.2) is 0 Å². The SMILES string of the molecule is CCOCC(=O)NCc1cncc(C2CCCN2C(C)=O)n1. The van der Waals surface area contributed by atoms with Crippen molar-refractivity contribution in [2.45, 2.75) is 39.3 Å². The van der Waals surface area contributed by atoms with Crippen molar-refractivity contribution in [1.29, 1.82) is 0 Å². The van der Waals surface area contributed by atoms with Gasteiger partial charge in [-0.1, -0.05) is 0 Å². The van der Waals surface area contributed by atoms with Crippen LogP contribution in [0.4, 0.5) is 0 Å². The highest BCUT2D eigenvalue weighted by atomic mass is 16.5. The molecule has 7 nitrogen and oxygen atoms in total. The Morgan fingerprint density at radius 1 is 1.45 bits per heavy atom. The minimum Gasteiger partial charge on any atom is -0.372 e. The van der Waals surface area contributed by atoms with Crippen molar-refractivity contribution in [3.8, 4) is 0 Å². The van der Waals surface area contributed by atoms with E-state index in [0.717, 1.165) is 25.1 Å². The van der Waals surface area contributed by atoms with Gasteiger partial charge in [-0.2, -0.15) is 0 Å². The number of rotatable bonds is 6. The molecule has 1 aromatic heterocycles. The second-order valence-electron chi connectivity index (χ2n) is 5.22. The van der Waals surface area contributed by atoms with Gasteiger partial charge in [0, 0.05) is 20.1 Å². The molecule has 1 saturated heterocycles. The van der Waals surface area contributed by atoms with Crippen LogP contribution in [0.5, 0.6) is 0 Å². The molecule has 2 rings (SSSR count). The molecular formula is C15H22N4O3.